The van der Waals surface area contributed by atoms with Crippen LogP contribution in [0.1, 0.15) is 29.4 Å². The summed E-state index contributed by atoms with van der Waals surface area (Å²) in [6.07, 6.45) is 1.74. The van der Waals surface area contributed by atoms with Gasteiger partial charge in [-0.3, -0.25) is 9.59 Å². The minimum atomic E-state index is -0.210. The van der Waals surface area contributed by atoms with Crippen molar-refractivity contribution in [3.63, 3.8) is 0 Å². The zero-order valence-corrected chi connectivity index (χ0v) is 13.2. The highest BCUT2D eigenvalue weighted by Crippen LogP contribution is 2.28. The molecule has 0 unspecified atom stereocenters. The van der Waals surface area contributed by atoms with Crippen molar-refractivity contribution in [2.45, 2.75) is 19.8 Å². The molecule has 0 radical (unpaired) electrons. The third-order valence-electron chi connectivity index (χ3n) is 3.27. The summed E-state index contributed by atoms with van der Waals surface area (Å²) >= 11 is 1.28. The molecule has 8 heteroatoms. The Hall–Kier alpha value is -1.83. The Morgan fingerprint density at radius 2 is 2.33 bits per heavy atom. The van der Waals surface area contributed by atoms with Crippen molar-refractivity contribution >= 4 is 34.1 Å². The van der Waals surface area contributed by atoms with Crippen LogP contribution < -0.4 is 16.0 Å². The molecule has 0 saturated carbocycles. The number of anilines is 2. The largest absolute Gasteiger partial charge is 0.382 e. The summed E-state index contributed by atoms with van der Waals surface area (Å²) in [6.45, 7) is 4.17. The molecule has 2 amide bonds. The SMILES string of the molecule is CCCN(C)c1nc(N)c(C(=O)N2CCCNC(=O)C2)s1. The molecule has 1 aliphatic rings. The molecule has 0 atom stereocenters. The molecule has 3 N–H and O–H groups in total. The van der Waals surface area contributed by atoms with E-state index in [2.05, 4.69) is 17.2 Å². The standard InChI is InChI=1S/C13H21N5O2S/c1-3-6-17(2)13-16-11(14)10(21-13)12(20)18-7-4-5-15-9(19)8-18/h3-8,14H2,1-2H3,(H,15,19). The van der Waals surface area contributed by atoms with Gasteiger partial charge in [0.25, 0.3) is 5.91 Å². The number of carbonyl (C=O) groups excluding carboxylic acids is 2. The molecule has 0 aromatic carbocycles. The lowest BCUT2D eigenvalue weighted by Crippen LogP contribution is -2.37. The Kier molecular flexibility index (Phi) is 5.00. The van der Waals surface area contributed by atoms with E-state index in [1.165, 1.54) is 16.2 Å². The number of nitrogens with zero attached hydrogens (tertiary/aromatic N) is 3. The van der Waals surface area contributed by atoms with Gasteiger partial charge in [0.15, 0.2) is 5.13 Å². The second kappa shape index (κ2) is 6.75. The van der Waals surface area contributed by atoms with Crippen LogP contribution in [0.3, 0.4) is 0 Å². The lowest BCUT2D eigenvalue weighted by Gasteiger charge is -2.18. The highest BCUT2D eigenvalue weighted by Gasteiger charge is 2.25. The van der Waals surface area contributed by atoms with E-state index in [4.69, 9.17) is 5.73 Å². The van der Waals surface area contributed by atoms with Crippen LogP contribution in [0.15, 0.2) is 0 Å². The number of thiazole rings is 1. The first-order valence-corrected chi connectivity index (χ1v) is 7.88. The molecule has 1 aromatic heterocycles. The number of nitrogen functional groups attached to an aromatic ring is 1. The van der Waals surface area contributed by atoms with Crippen LogP contribution in [0, 0.1) is 0 Å². The summed E-state index contributed by atoms with van der Waals surface area (Å²) in [7, 11) is 1.93. The Labute approximate surface area is 128 Å². The number of nitrogens with one attached hydrogen (secondary N) is 1. The molecule has 1 saturated heterocycles. The van der Waals surface area contributed by atoms with Gasteiger partial charge in [0.05, 0.1) is 6.54 Å². The minimum absolute atomic E-state index is 0.0797. The highest BCUT2D eigenvalue weighted by molar-refractivity contribution is 7.18. The van der Waals surface area contributed by atoms with Crippen molar-refractivity contribution in [1.82, 2.24) is 15.2 Å². The van der Waals surface area contributed by atoms with E-state index in [0.29, 0.717) is 18.0 Å². The zero-order valence-electron chi connectivity index (χ0n) is 12.4. The molecule has 0 aliphatic carbocycles. The van der Waals surface area contributed by atoms with Crippen LogP contribution in [0.25, 0.3) is 0 Å². The van der Waals surface area contributed by atoms with Crippen LogP contribution in [-0.4, -0.2) is 54.9 Å². The number of hydrogen-bond acceptors (Lipinski definition) is 6. The molecule has 2 heterocycles. The lowest BCUT2D eigenvalue weighted by atomic mass is 10.3. The van der Waals surface area contributed by atoms with Crippen LogP contribution in [0.4, 0.5) is 10.9 Å². The Morgan fingerprint density at radius 1 is 1.57 bits per heavy atom. The number of nitrogens with two attached hydrogens (primary N) is 1. The van der Waals surface area contributed by atoms with Gasteiger partial charge in [-0.05, 0) is 12.8 Å². The van der Waals surface area contributed by atoms with Gasteiger partial charge in [-0.2, -0.15) is 0 Å². The summed E-state index contributed by atoms with van der Waals surface area (Å²) in [6, 6.07) is 0. The highest BCUT2D eigenvalue weighted by atomic mass is 32.1. The maximum atomic E-state index is 12.5. The smallest absolute Gasteiger partial charge is 0.268 e. The molecular weight excluding hydrogens is 290 g/mol. The summed E-state index contributed by atoms with van der Waals surface area (Å²) in [5, 5.41) is 3.48. The monoisotopic (exact) mass is 311 g/mol. The first kappa shape index (κ1) is 15.6. The zero-order chi connectivity index (χ0) is 15.4. The first-order chi connectivity index (χ1) is 10.0. The Balaban J connectivity index is 2.16. The van der Waals surface area contributed by atoms with E-state index in [9.17, 15) is 9.59 Å². The van der Waals surface area contributed by atoms with Gasteiger partial charge in [0.2, 0.25) is 5.91 Å². The molecule has 7 nitrogen and oxygen atoms in total. The molecule has 1 aromatic rings. The van der Waals surface area contributed by atoms with Gasteiger partial charge in [-0.1, -0.05) is 18.3 Å². The molecule has 2 rings (SSSR count). The number of aromatic nitrogens is 1. The summed E-state index contributed by atoms with van der Waals surface area (Å²) in [5.74, 6) is -0.0990. The number of hydrogen-bond donors (Lipinski definition) is 2. The molecule has 0 spiro atoms. The van der Waals surface area contributed by atoms with E-state index in [0.717, 1.165) is 24.5 Å². The summed E-state index contributed by atoms with van der Waals surface area (Å²) < 4.78 is 0. The van der Waals surface area contributed by atoms with Crippen LogP contribution >= 0.6 is 11.3 Å². The molecule has 116 valence electrons. The molecular formula is C13H21N5O2S. The third-order valence-corrected chi connectivity index (χ3v) is 4.44. The van der Waals surface area contributed by atoms with E-state index in [1.807, 2.05) is 11.9 Å². The fourth-order valence-electron chi connectivity index (χ4n) is 2.19. The second-order valence-corrected chi connectivity index (χ2v) is 6.04. The van der Waals surface area contributed by atoms with Crippen molar-refractivity contribution in [2.24, 2.45) is 0 Å². The van der Waals surface area contributed by atoms with Crippen molar-refractivity contribution in [3.05, 3.63) is 4.88 Å². The van der Waals surface area contributed by atoms with E-state index >= 15 is 0 Å². The number of amides is 2. The van der Waals surface area contributed by atoms with Gasteiger partial charge in [0.1, 0.15) is 10.7 Å². The number of carbonyl (C=O) groups is 2. The number of rotatable bonds is 4. The maximum absolute atomic E-state index is 12.5. The second-order valence-electron chi connectivity index (χ2n) is 5.06. The van der Waals surface area contributed by atoms with Crippen LogP contribution in [0.2, 0.25) is 0 Å². The topological polar surface area (TPSA) is 91.6 Å². The first-order valence-electron chi connectivity index (χ1n) is 7.06. The fourth-order valence-corrected chi connectivity index (χ4v) is 3.13. The van der Waals surface area contributed by atoms with Crippen molar-refractivity contribution in [3.8, 4) is 0 Å². The summed E-state index contributed by atoms with van der Waals surface area (Å²) in [4.78, 5) is 32.3. The quantitative estimate of drug-likeness (QED) is 0.846. The predicted molar refractivity (Wildman–Crippen MR) is 83.6 cm³/mol. The van der Waals surface area contributed by atoms with Crippen LogP contribution in [0.5, 0.6) is 0 Å². The van der Waals surface area contributed by atoms with Gasteiger partial charge in [-0.25, -0.2) is 4.98 Å². The predicted octanol–water partition coefficient (Wildman–Crippen LogP) is 0.534. The Bertz CT molecular complexity index is 531. The third kappa shape index (κ3) is 3.63. The normalized spacial score (nSPS) is 15.5. The van der Waals surface area contributed by atoms with Gasteiger partial charge < -0.3 is 20.9 Å². The van der Waals surface area contributed by atoms with Gasteiger partial charge in [0, 0.05) is 26.7 Å². The Morgan fingerprint density at radius 3 is 3.05 bits per heavy atom. The molecule has 1 fully saturated rings. The lowest BCUT2D eigenvalue weighted by molar-refractivity contribution is -0.121. The van der Waals surface area contributed by atoms with Crippen molar-refractivity contribution in [2.75, 3.05) is 43.9 Å². The molecule has 0 bridgehead atoms. The minimum Gasteiger partial charge on any atom is -0.382 e. The van der Waals surface area contributed by atoms with E-state index < -0.39 is 0 Å². The molecule has 1 aliphatic heterocycles. The van der Waals surface area contributed by atoms with Crippen molar-refractivity contribution in [1.29, 1.82) is 0 Å². The average molecular weight is 311 g/mol. The van der Waals surface area contributed by atoms with Gasteiger partial charge >= 0.3 is 0 Å². The summed E-state index contributed by atoms with van der Waals surface area (Å²) in [5.41, 5.74) is 5.88. The van der Waals surface area contributed by atoms with Gasteiger partial charge in [-0.15, -0.1) is 0 Å². The fraction of sp³-hybridized carbons (Fsp3) is 0.615. The van der Waals surface area contributed by atoms with Crippen LogP contribution in [-0.2, 0) is 4.79 Å². The molecule has 21 heavy (non-hydrogen) atoms. The van der Waals surface area contributed by atoms with Crippen molar-refractivity contribution < 1.29 is 9.59 Å². The maximum Gasteiger partial charge on any atom is 0.268 e. The van der Waals surface area contributed by atoms with E-state index in [-0.39, 0.29) is 24.2 Å². The van der Waals surface area contributed by atoms with E-state index in [1.54, 1.807) is 0 Å². The average Bonchev–Trinajstić information content (AvgIpc) is 2.70.